The van der Waals surface area contributed by atoms with Gasteiger partial charge in [0.2, 0.25) is 0 Å². The van der Waals surface area contributed by atoms with Crippen LogP contribution < -0.4 is 24.4 Å². The summed E-state index contributed by atoms with van der Waals surface area (Å²) < 4.78 is 18.9. The van der Waals surface area contributed by atoms with Gasteiger partial charge in [0.1, 0.15) is 11.8 Å². The highest BCUT2D eigenvalue weighted by molar-refractivity contribution is 7.07. The highest BCUT2D eigenvalue weighted by Gasteiger charge is 2.36. The van der Waals surface area contributed by atoms with E-state index in [2.05, 4.69) is 46.5 Å². The summed E-state index contributed by atoms with van der Waals surface area (Å²) >= 11 is 1.25. The first-order chi connectivity index (χ1) is 20.1. The Balaban J connectivity index is 2.04. The Labute approximate surface area is 257 Å². The van der Waals surface area contributed by atoms with Gasteiger partial charge >= 0.3 is 5.97 Å². The monoisotopic (exact) mass is 606 g/mol. The number of methoxy groups -OCH3 is 2. The summed E-state index contributed by atoms with van der Waals surface area (Å²) in [6.07, 6.45) is 2.60. The Morgan fingerprint density at radius 1 is 1.09 bits per heavy atom. The van der Waals surface area contributed by atoms with Crippen LogP contribution in [0.4, 0.5) is 0 Å². The molecule has 2 aromatic carbocycles. The van der Waals surface area contributed by atoms with Gasteiger partial charge in [-0.15, -0.1) is 0 Å². The van der Waals surface area contributed by atoms with Crippen molar-refractivity contribution in [1.29, 1.82) is 0 Å². The van der Waals surface area contributed by atoms with E-state index in [0.29, 0.717) is 38.7 Å². The smallest absolute Gasteiger partial charge is 0.338 e. The van der Waals surface area contributed by atoms with Crippen LogP contribution in [0.1, 0.15) is 90.1 Å². The standard InChI is InChI=1S/C34H42N2O6S/c1-11-15-42-29-21(13-12-14-24(29)40-9)27-26(31(39)41-10)19(2)35-32-36(27)30(38)25(43-32)18-20-16-22(33(3,4)5)28(37)23(17-20)34(6,7)8/h12-14,16-18,27,37H,11,15H2,1-10H3/b25-18+. The number of nitrogens with zero attached hydrogens (tertiary/aromatic N) is 2. The minimum Gasteiger partial charge on any atom is -0.507 e. The van der Waals surface area contributed by atoms with Gasteiger partial charge in [-0.05, 0) is 54.0 Å². The average Bonchev–Trinajstić information content (AvgIpc) is 3.23. The topological polar surface area (TPSA) is 99.4 Å². The molecule has 1 N–H and O–H groups in total. The van der Waals surface area contributed by atoms with Crippen molar-refractivity contribution in [3.05, 3.63) is 83.5 Å². The molecule has 0 saturated carbocycles. The maximum atomic E-state index is 14.3. The molecule has 1 aromatic heterocycles. The molecule has 0 amide bonds. The van der Waals surface area contributed by atoms with Crippen LogP contribution in [0.5, 0.6) is 17.2 Å². The van der Waals surface area contributed by atoms with Gasteiger partial charge < -0.3 is 19.3 Å². The molecule has 0 saturated heterocycles. The molecule has 1 unspecified atom stereocenters. The van der Waals surface area contributed by atoms with E-state index in [1.54, 1.807) is 24.7 Å². The van der Waals surface area contributed by atoms with Gasteiger partial charge in [-0.2, -0.15) is 0 Å². The molecule has 43 heavy (non-hydrogen) atoms. The second kappa shape index (κ2) is 12.0. The highest BCUT2D eigenvalue weighted by Crippen LogP contribution is 2.42. The number of esters is 1. The quantitative estimate of drug-likeness (QED) is 0.357. The predicted octanol–water partition coefficient (Wildman–Crippen LogP) is 5.51. The molecule has 2 heterocycles. The molecule has 9 heteroatoms. The third kappa shape index (κ3) is 6.13. The first-order valence-electron chi connectivity index (χ1n) is 14.4. The van der Waals surface area contributed by atoms with Crippen LogP contribution in [0, 0.1) is 0 Å². The van der Waals surface area contributed by atoms with E-state index < -0.39 is 12.0 Å². The number of allylic oxidation sites excluding steroid dienone is 1. The number of aromatic hydroxyl groups is 1. The molecule has 3 aromatic rings. The Morgan fingerprint density at radius 3 is 2.26 bits per heavy atom. The molecule has 0 radical (unpaired) electrons. The molecule has 1 atom stereocenters. The van der Waals surface area contributed by atoms with Crippen LogP contribution in [-0.4, -0.2) is 36.5 Å². The van der Waals surface area contributed by atoms with Gasteiger partial charge in [0.05, 0.1) is 36.6 Å². The van der Waals surface area contributed by atoms with Crippen LogP contribution in [-0.2, 0) is 20.4 Å². The number of rotatable bonds is 7. The van der Waals surface area contributed by atoms with Crippen molar-refractivity contribution in [2.75, 3.05) is 20.8 Å². The fourth-order valence-corrected chi connectivity index (χ4v) is 6.34. The lowest BCUT2D eigenvalue weighted by Gasteiger charge is -2.27. The zero-order chi connectivity index (χ0) is 31.9. The van der Waals surface area contributed by atoms with Gasteiger partial charge in [-0.1, -0.05) is 71.9 Å². The predicted molar refractivity (Wildman–Crippen MR) is 170 cm³/mol. The third-order valence-electron chi connectivity index (χ3n) is 7.45. The van der Waals surface area contributed by atoms with Crippen molar-refractivity contribution < 1.29 is 24.1 Å². The molecule has 8 nitrogen and oxygen atoms in total. The molecule has 1 aliphatic heterocycles. The van der Waals surface area contributed by atoms with Gasteiger partial charge in [-0.25, -0.2) is 9.79 Å². The van der Waals surface area contributed by atoms with Crippen molar-refractivity contribution in [1.82, 2.24) is 4.57 Å². The van der Waals surface area contributed by atoms with Crippen molar-refractivity contribution in [2.45, 2.75) is 78.7 Å². The second-order valence-electron chi connectivity index (χ2n) is 12.8. The summed E-state index contributed by atoms with van der Waals surface area (Å²) in [5.74, 6) is 0.661. The molecule has 230 valence electrons. The van der Waals surface area contributed by atoms with Crippen molar-refractivity contribution in [2.24, 2.45) is 4.99 Å². The number of phenolic OH excluding ortho intramolecular Hbond substituents is 1. The van der Waals surface area contributed by atoms with Gasteiger partial charge in [-0.3, -0.25) is 9.36 Å². The maximum Gasteiger partial charge on any atom is 0.338 e. The van der Waals surface area contributed by atoms with Crippen LogP contribution in [0.2, 0.25) is 0 Å². The first kappa shape index (κ1) is 32.1. The number of para-hydroxylation sites is 1. The Kier molecular flexibility index (Phi) is 8.97. The minimum absolute atomic E-state index is 0.255. The zero-order valence-electron chi connectivity index (χ0n) is 26.7. The lowest BCUT2D eigenvalue weighted by Crippen LogP contribution is -2.40. The minimum atomic E-state index is -0.845. The fraction of sp³-hybridized carbons (Fsp3) is 0.441. The Morgan fingerprint density at radius 2 is 1.72 bits per heavy atom. The average molecular weight is 607 g/mol. The van der Waals surface area contributed by atoms with Crippen LogP contribution >= 0.6 is 11.3 Å². The molecule has 0 aliphatic carbocycles. The highest BCUT2D eigenvalue weighted by atomic mass is 32.1. The Bertz CT molecular complexity index is 1730. The molecule has 0 bridgehead atoms. The van der Waals surface area contributed by atoms with Gasteiger partial charge in [0, 0.05) is 16.7 Å². The molecule has 0 spiro atoms. The number of carbonyl (C=O) groups excluding carboxylic acids is 1. The number of carbonyl (C=O) groups is 1. The summed E-state index contributed by atoms with van der Waals surface area (Å²) in [5, 5.41) is 11.2. The van der Waals surface area contributed by atoms with E-state index in [1.165, 1.54) is 18.4 Å². The largest absolute Gasteiger partial charge is 0.507 e. The summed E-state index contributed by atoms with van der Waals surface area (Å²) in [4.78, 5) is 32.6. The number of phenols is 1. The van der Waals surface area contributed by atoms with Crippen molar-refractivity contribution in [3.8, 4) is 17.2 Å². The van der Waals surface area contributed by atoms with E-state index in [0.717, 1.165) is 23.1 Å². The van der Waals surface area contributed by atoms with E-state index in [4.69, 9.17) is 14.2 Å². The summed E-state index contributed by atoms with van der Waals surface area (Å²) in [6.45, 7) is 16.5. The van der Waals surface area contributed by atoms with Crippen LogP contribution in [0.25, 0.3) is 6.08 Å². The number of hydrogen-bond donors (Lipinski definition) is 1. The molecule has 4 rings (SSSR count). The molecular formula is C34H42N2O6S. The molecule has 0 fully saturated rings. The van der Waals surface area contributed by atoms with Crippen molar-refractivity contribution >= 4 is 23.4 Å². The van der Waals surface area contributed by atoms with Gasteiger partial charge in [0.15, 0.2) is 16.3 Å². The third-order valence-corrected chi connectivity index (χ3v) is 8.43. The van der Waals surface area contributed by atoms with Crippen molar-refractivity contribution in [3.63, 3.8) is 0 Å². The van der Waals surface area contributed by atoms with E-state index in [-0.39, 0.29) is 27.7 Å². The number of hydrogen-bond acceptors (Lipinski definition) is 8. The second-order valence-corrected chi connectivity index (χ2v) is 13.8. The van der Waals surface area contributed by atoms with Crippen LogP contribution in [0.15, 0.2) is 51.4 Å². The summed E-state index contributed by atoms with van der Waals surface area (Å²) in [6, 6.07) is 8.46. The van der Waals surface area contributed by atoms with Crippen LogP contribution in [0.3, 0.4) is 0 Å². The summed E-state index contributed by atoms with van der Waals surface area (Å²) in [5.41, 5.74) is 2.77. The number of benzene rings is 2. The van der Waals surface area contributed by atoms with E-state index in [1.807, 2.05) is 37.3 Å². The summed E-state index contributed by atoms with van der Waals surface area (Å²) in [7, 11) is 2.87. The SMILES string of the molecule is CCCOc1c(OC)cccc1C1C(C(=O)OC)=C(C)N=c2s/c(=C/c3cc(C(C)(C)C)c(O)c(C(C)(C)C)c3)c(=O)n21. The Hall–Kier alpha value is -3.85. The van der Waals surface area contributed by atoms with E-state index in [9.17, 15) is 14.7 Å². The van der Waals surface area contributed by atoms with E-state index >= 15 is 0 Å². The lowest BCUT2D eigenvalue weighted by molar-refractivity contribution is -0.136. The number of aromatic nitrogens is 1. The fourth-order valence-electron chi connectivity index (χ4n) is 5.29. The van der Waals surface area contributed by atoms with Gasteiger partial charge in [0.25, 0.3) is 5.56 Å². The molecular weight excluding hydrogens is 564 g/mol. The first-order valence-corrected chi connectivity index (χ1v) is 15.2. The number of thiazole rings is 1. The normalized spacial score (nSPS) is 15.7. The molecule has 1 aliphatic rings. The number of fused-ring (bicyclic) bond motifs is 1. The maximum absolute atomic E-state index is 14.3. The zero-order valence-corrected chi connectivity index (χ0v) is 27.6. The lowest BCUT2D eigenvalue weighted by atomic mass is 9.78. The number of ether oxygens (including phenoxy) is 3.